The third-order valence-electron chi connectivity index (χ3n) is 7.66. The summed E-state index contributed by atoms with van der Waals surface area (Å²) in [4.78, 5) is 1.29. The summed E-state index contributed by atoms with van der Waals surface area (Å²) in [5.74, 6) is 0.369. The Morgan fingerprint density at radius 1 is 0.742 bits per heavy atom. The van der Waals surface area contributed by atoms with Crippen LogP contribution in [0.4, 0.5) is 0 Å². The summed E-state index contributed by atoms with van der Waals surface area (Å²) >= 11 is 1.77. The van der Waals surface area contributed by atoms with E-state index in [1.54, 1.807) is 11.8 Å². The van der Waals surface area contributed by atoms with Crippen molar-refractivity contribution in [1.29, 1.82) is 0 Å². The molecule has 0 radical (unpaired) electrons. The number of benzene rings is 1. The maximum Gasteiger partial charge on any atom is 0.458 e. The van der Waals surface area contributed by atoms with Gasteiger partial charge in [-0.05, 0) is 104 Å². The predicted octanol–water partition coefficient (Wildman–Crippen LogP) is 6.46. The fourth-order valence-electron chi connectivity index (χ4n) is 4.20. The average molecular weight is 446 g/mol. The quantitative estimate of drug-likeness (QED) is 0.339. The SMILES string of the molecule is CSc1ccc([C@@H](CCCB2OC(C)(C)C(C)(C)O2)CB2OC(C)(C)C(C)(C)O2)cc1. The summed E-state index contributed by atoms with van der Waals surface area (Å²) in [7, 11) is -0.326. The largest absolute Gasteiger partial charge is 0.458 e. The smallest absolute Gasteiger partial charge is 0.403 e. The Morgan fingerprint density at radius 3 is 1.65 bits per heavy atom. The van der Waals surface area contributed by atoms with Crippen LogP contribution in [0.25, 0.3) is 0 Å². The molecular formula is C24H40B2O4S. The first-order valence-corrected chi connectivity index (χ1v) is 12.8. The van der Waals surface area contributed by atoms with Gasteiger partial charge in [0.1, 0.15) is 0 Å². The average Bonchev–Trinajstić information content (AvgIpc) is 2.99. The van der Waals surface area contributed by atoms with Gasteiger partial charge in [-0.1, -0.05) is 18.6 Å². The van der Waals surface area contributed by atoms with Crippen LogP contribution in [0.2, 0.25) is 12.6 Å². The lowest BCUT2D eigenvalue weighted by Gasteiger charge is -2.32. The highest BCUT2D eigenvalue weighted by Gasteiger charge is 2.52. The van der Waals surface area contributed by atoms with Crippen molar-refractivity contribution in [2.24, 2.45) is 0 Å². The molecule has 1 aromatic carbocycles. The van der Waals surface area contributed by atoms with Crippen LogP contribution in [0.3, 0.4) is 0 Å². The molecule has 0 bridgehead atoms. The van der Waals surface area contributed by atoms with Crippen LogP contribution in [0.15, 0.2) is 29.2 Å². The van der Waals surface area contributed by atoms with Crippen molar-refractivity contribution in [3.05, 3.63) is 29.8 Å². The van der Waals surface area contributed by atoms with Gasteiger partial charge in [-0.2, -0.15) is 0 Å². The van der Waals surface area contributed by atoms with E-state index >= 15 is 0 Å². The highest BCUT2D eigenvalue weighted by molar-refractivity contribution is 7.98. The first-order valence-electron chi connectivity index (χ1n) is 11.6. The van der Waals surface area contributed by atoms with E-state index in [0.29, 0.717) is 5.92 Å². The van der Waals surface area contributed by atoms with Crippen molar-refractivity contribution in [2.75, 3.05) is 6.26 Å². The second-order valence-electron chi connectivity index (χ2n) is 11.0. The van der Waals surface area contributed by atoms with E-state index in [1.807, 2.05) is 0 Å². The molecule has 0 saturated carbocycles. The summed E-state index contributed by atoms with van der Waals surface area (Å²) in [5, 5.41) is 0. The first-order chi connectivity index (χ1) is 14.3. The van der Waals surface area contributed by atoms with Crippen LogP contribution in [0, 0.1) is 0 Å². The van der Waals surface area contributed by atoms with Gasteiger partial charge in [0, 0.05) is 4.90 Å². The number of rotatable bonds is 8. The number of hydrogen-bond acceptors (Lipinski definition) is 5. The van der Waals surface area contributed by atoms with E-state index in [2.05, 4.69) is 85.9 Å². The first kappa shape index (κ1) is 25.2. The molecule has 4 nitrogen and oxygen atoms in total. The summed E-state index contributed by atoms with van der Waals surface area (Å²) in [6.45, 7) is 16.9. The highest BCUT2D eigenvalue weighted by Crippen LogP contribution is 2.42. The van der Waals surface area contributed by atoms with Gasteiger partial charge in [0.25, 0.3) is 0 Å². The molecule has 2 fully saturated rings. The minimum atomic E-state index is -0.298. The molecule has 1 aromatic rings. The molecule has 2 aliphatic heterocycles. The van der Waals surface area contributed by atoms with Crippen LogP contribution in [0.1, 0.15) is 79.7 Å². The molecule has 0 unspecified atom stereocenters. The Hall–Kier alpha value is -0.460. The van der Waals surface area contributed by atoms with E-state index in [4.69, 9.17) is 18.6 Å². The van der Waals surface area contributed by atoms with Gasteiger partial charge in [-0.25, -0.2) is 0 Å². The Balaban J connectivity index is 1.65. The molecule has 1 atom stereocenters. The standard InChI is InChI=1S/C24H40B2O4S/c1-21(2)22(3,4)28-25(27-21)16-10-11-19(18-12-14-20(31-9)15-13-18)17-26-29-23(5,6)24(7,8)30-26/h12-15,19H,10-11,16-17H2,1-9H3/t19-/m0/s1. The molecular weight excluding hydrogens is 406 g/mol. The van der Waals surface area contributed by atoms with Gasteiger partial charge in [-0.3, -0.25) is 0 Å². The van der Waals surface area contributed by atoms with Gasteiger partial charge < -0.3 is 18.6 Å². The Bertz CT molecular complexity index is 716. The van der Waals surface area contributed by atoms with Crippen LogP contribution < -0.4 is 0 Å². The fourth-order valence-corrected chi connectivity index (χ4v) is 4.61. The molecule has 3 rings (SSSR count). The van der Waals surface area contributed by atoms with Gasteiger partial charge in [0.15, 0.2) is 0 Å². The second kappa shape index (κ2) is 9.06. The molecule has 0 spiro atoms. The lowest BCUT2D eigenvalue weighted by Crippen LogP contribution is -2.41. The Morgan fingerprint density at radius 2 is 1.19 bits per heavy atom. The van der Waals surface area contributed by atoms with E-state index in [1.165, 1.54) is 10.5 Å². The summed E-state index contributed by atoms with van der Waals surface area (Å²) < 4.78 is 25.0. The van der Waals surface area contributed by atoms with Gasteiger partial charge in [0.05, 0.1) is 22.4 Å². The van der Waals surface area contributed by atoms with Crippen molar-refractivity contribution in [3.8, 4) is 0 Å². The number of hydrogen-bond donors (Lipinski definition) is 0. The van der Waals surface area contributed by atoms with Crippen LogP contribution in [-0.4, -0.2) is 42.9 Å². The van der Waals surface area contributed by atoms with Gasteiger partial charge in [0.2, 0.25) is 0 Å². The third kappa shape index (κ3) is 5.55. The second-order valence-corrected chi connectivity index (χ2v) is 11.9. The molecule has 0 aliphatic carbocycles. The van der Waals surface area contributed by atoms with E-state index in [-0.39, 0.29) is 36.6 Å². The molecule has 0 amide bonds. The lowest BCUT2D eigenvalue weighted by atomic mass is 9.71. The Kier molecular flexibility index (Phi) is 7.35. The maximum atomic E-state index is 6.32. The third-order valence-corrected chi connectivity index (χ3v) is 8.40. The lowest BCUT2D eigenvalue weighted by molar-refractivity contribution is 0.00578. The molecule has 172 valence electrons. The fraction of sp³-hybridized carbons (Fsp3) is 0.750. The van der Waals surface area contributed by atoms with Gasteiger partial charge in [-0.15, -0.1) is 11.8 Å². The molecule has 2 heterocycles. The van der Waals surface area contributed by atoms with E-state index < -0.39 is 0 Å². The van der Waals surface area contributed by atoms with E-state index in [9.17, 15) is 0 Å². The van der Waals surface area contributed by atoms with Crippen molar-refractivity contribution in [3.63, 3.8) is 0 Å². The Labute approximate surface area is 194 Å². The highest BCUT2D eigenvalue weighted by atomic mass is 32.2. The minimum Gasteiger partial charge on any atom is -0.403 e. The van der Waals surface area contributed by atoms with Crippen LogP contribution >= 0.6 is 11.8 Å². The normalized spacial score (nSPS) is 24.5. The zero-order valence-corrected chi connectivity index (χ0v) is 21.7. The van der Waals surface area contributed by atoms with Crippen molar-refractivity contribution >= 4 is 26.0 Å². The minimum absolute atomic E-state index is 0.138. The van der Waals surface area contributed by atoms with Gasteiger partial charge >= 0.3 is 14.2 Å². The summed E-state index contributed by atoms with van der Waals surface area (Å²) in [6, 6.07) is 8.95. The molecule has 0 aromatic heterocycles. The van der Waals surface area contributed by atoms with Crippen molar-refractivity contribution in [2.45, 2.75) is 114 Å². The molecule has 2 saturated heterocycles. The summed E-state index contributed by atoms with van der Waals surface area (Å²) in [5.41, 5.74) is 0.212. The summed E-state index contributed by atoms with van der Waals surface area (Å²) in [6.07, 6.45) is 5.95. The van der Waals surface area contributed by atoms with Crippen LogP contribution in [-0.2, 0) is 18.6 Å². The van der Waals surface area contributed by atoms with Crippen LogP contribution in [0.5, 0.6) is 0 Å². The van der Waals surface area contributed by atoms with E-state index in [0.717, 1.165) is 25.5 Å². The topological polar surface area (TPSA) is 36.9 Å². The monoisotopic (exact) mass is 446 g/mol. The maximum absolute atomic E-state index is 6.32. The zero-order valence-electron chi connectivity index (χ0n) is 20.9. The molecule has 0 N–H and O–H groups in total. The predicted molar refractivity (Wildman–Crippen MR) is 132 cm³/mol. The molecule has 31 heavy (non-hydrogen) atoms. The van der Waals surface area contributed by atoms with Crippen molar-refractivity contribution in [1.82, 2.24) is 0 Å². The number of thioether (sulfide) groups is 1. The van der Waals surface area contributed by atoms with Crippen molar-refractivity contribution < 1.29 is 18.6 Å². The molecule has 7 heteroatoms. The molecule has 2 aliphatic rings. The zero-order chi connectivity index (χ0) is 23.1.